The van der Waals surface area contributed by atoms with Gasteiger partial charge >= 0.3 is 6.18 Å². The topological polar surface area (TPSA) is 49.9 Å². The van der Waals surface area contributed by atoms with Gasteiger partial charge in [-0.1, -0.05) is 12.1 Å². The number of sulfonamides is 1. The van der Waals surface area contributed by atoms with E-state index in [1.165, 1.54) is 4.31 Å². The van der Waals surface area contributed by atoms with Crippen LogP contribution in [-0.4, -0.2) is 50.4 Å². The maximum absolute atomic E-state index is 12.7. The monoisotopic (exact) mass is 428 g/mol. The quantitative estimate of drug-likeness (QED) is 0.705. The van der Waals surface area contributed by atoms with Gasteiger partial charge in [0.15, 0.2) is 0 Å². The van der Waals surface area contributed by atoms with Crippen molar-refractivity contribution >= 4 is 10.0 Å². The molecule has 2 aromatic carbocycles. The first kappa shape index (κ1) is 21.6. The molecule has 0 N–H and O–H groups in total. The van der Waals surface area contributed by atoms with Crippen LogP contribution in [0.15, 0.2) is 53.4 Å². The normalized spacial score (nSPS) is 16.7. The molecule has 1 fully saturated rings. The summed E-state index contributed by atoms with van der Waals surface area (Å²) in [6, 6.07) is 11.4. The van der Waals surface area contributed by atoms with Gasteiger partial charge in [0.1, 0.15) is 5.75 Å². The number of ether oxygens (including phenoxy) is 1. The Bertz CT molecular complexity index is 905. The lowest BCUT2D eigenvalue weighted by Crippen LogP contribution is -2.48. The summed E-state index contributed by atoms with van der Waals surface area (Å²) in [6.07, 6.45) is -4.49. The number of rotatable bonds is 6. The van der Waals surface area contributed by atoms with Crippen LogP contribution >= 0.6 is 0 Å². The van der Waals surface area contributed by atoms with Gasteiger partial charge in [0.25, 0.3) is 0 Å². The predicted octanol–water partition coefficient (Wildman–Crippen LogP) is 3.61. The molecule has 0 unspecified atom stereocenters. The average molecular weight is 428 g/mol. The van der Waals surface area contributed by atoms with E-state index in [4.69, 9.17) is 4.74 Å². The highest BCUT2D eigenvalue weighted by molar-refractivity contribution is 7.89. The van der Waals surface area contributed by atoms with Crippen molar-refractivity contribution in [2.45, 2.75) is 24.5 Å². The number of alkyl halides is 3. The number of hydrogen-bond acceptors (Lipinski definition) is 4. The lowest BCUT2D eigenvalue weighted by Gasteiger charge is -2.34. The van der Waals surface area contributed by atoms with Crippen LogP contribution in [0.25, 0.3) is 0 Å². The standard InChI is InChI=1S/C20H23F3N2O3S/c1-2-28-18-7-3-16(4-8-18)15-24-11-13-25(14-12-24)29(26,27)19-9-5-17(6-10-19)20(21,22)23/h3-10H,2,11-15H2,1H3. The molecule has 2 aromatic rings. The first-order valence-corrected chi connectivity index (χ1v) is 10.8. The van der Waals surface area contributed by atoms with Gasteiger partial charge in [-0.05, 0) is 48.9 Å². The fourth-order valence-corrected chi connectivity index (χ4v) is 4.63. The van der Waals surface area contributed by atoms with Crippen LogP contribution < -0.4 is 4.74 Å². The number of nitrogens with zero attached hydrogens (tertiary/aromatic N) is 2. The highest BCUT2D eigenvalue weighted by Gasteiger charge is 2.32. The SMILES string of the molecule is CCOc1ccc(CN2CCN(S(=O)(=O)c3ccc(C(F)(F)F)cc3)CC2)cc1. The third-order valence-electron chi connectivity index (χ3n) is 4.79. The smallest absolute Gasteiger partial charge is 0.416 e. The maximum atomic E-state index is 12.7. The highest BCUT2D eigenvalue weighted by atomic mass is 32.2. The van der Waals surface area contributed by atoms with Gasteiger partial charge in [-0.2, -0.15) is 17.5 Å². The zero-order valence-electron chi connectivity index (χ0n) is 16.0. The summed E-state index contributed by atoms with van der Waals surface area (Å²) >= 11 is 0. The molecule has 158 valence electrons. The summed E-state index contributed by atoms with van der Waals surface area (Å²) in [5, 5.41) is 0. The minimum absolute atomic E-state index is 0.120. The zero-order chi connectivity index (χ0) is 21.1. The van der Waals surface area contributed by atoms with Crippen molar-refractivity contribution in [1.29, 1.82) is 0 Å². The molecule has 0 aromatic heterocycles. The Kier molecular flexibility index (Phi) is 6.50. The van der Waals surface area contributed by atoms with Gasteiger partial charge in [0.2, 0.25) is 10.0 Å². The van der Waals surface area contributed by atoms with E-state index in [1.54, 1.807) is 0 Å². The van der Waals surface area contributed by atoms with Crippen molar-refractivity contribution in [3.05, 3.63) is 59.7 Å². The molecule has 0 radical (unpaired) electrons. The van der Waals surface area contributed by atoms with Gasteiger partial charge < -0.3 is 4.74 Å². The molecular formula is C20H23F3N2O3S. The van der Waals surface area contributed by atoms with E-state index >= 15 is 0 Å². The summed E-state index contributed by atoms with van der Waals surface area (Å²) in [4.78, 5) is 2.03. The van der Waals surface area contributed by atoms with E-state index < -0.39 is 21.8 Å². The molecule has 0 saturated carbocycles. The van der Waals surface area contributed by atoms with Crippen LogP contribution in [0.2, 0.25) is 0 Å². The molecule has 0 spiro atoms. The molecule has 1 saturated heterocycles. The minimum atomic E-state index is -4.49. The molecule has 0 amide bonds. The van der Waals surface area contributed by atoms with Crippen molar-refractivity contribution in [2.75, 3.05) is 32.8 Å². The van der Waals surface area contributed by atoms with E-state index in [-0.39, 0.29) is 4.90 Å². The van der Waals surface area contributed by atoms with Crippen LogP contribution in [0.4, 0.5) is 13.2 Å². The second-order valence-electron chi connectivity index (χ2n) is 6.78. The molecule has 0 bridgehead atoms. The molecule has 3 rings (SSSR count). The Labute approximate surface area is 168 Å². The van der Waals surface area contributed by atoms with Crippen molar-refractivity contribution < 1.29 is 26.3 Å². The first-order chi connectivity index (χ1) is 13.7. The van der Waals surface area contributed by atoms with Gasteiger partial charge in [0.05, 0.1) is 17.1 Å². The molecule has 5 nitrogen and oxygen atoms in total. The molecular weight excluding hydrogens is 405 g/mol. The Morgan fingerprint density at radius 2 is 1.52 bits per heavy atom. The van der Waals surface area contributed by atoms with Gasteiger partial charge in [0, 0.05) is 32.7 Å². The Morgan fingerprint density at radius 3 is 2.03 bits per heavy atom. The molecule has 9 heteroatoms. The molecule has 1 heterocycles. The zero-order valence-corrected chi connectivity index (χ0v) is 16.8. The highest BCUT2D eigenvalue weighted by Crippen LogP contribution is 2.30. The summed E-state index contributed by atoms with van der Waals surface area (Å²) in [7, 11) is -3.81. The van der Waals surface area contributed by atoms with Crippen LogP contribution in [0.3, 0.4) is 0 Å². The minimum Gasteiger partial charge on any atom is -0.494 e. The number of halogens is 3. The fourth-order valence-electron chi connectivity index (χ4n) is 3.21. The number of benzene rings is 2. The van der Waals surface area contributed by atoms with Crippen molar-refractivity contribution in [3.8, 4) is 5.75 Å². The van der Waals surface area contributed by atoms with E-state index in [9.17, 15) is 21.6 Å². The molecule has 1 aliphatic heterocycles. The van der Waals surface area contributed by atoms with Crippen LogP contribution in [0, 0.1) is 0 Å². The second-order valence-corrected chi connectivity index (χ2v) is 8.72. The van der Waals surface area contributed by atoms with E-state index in [2.05, 4.69) is 4.90 Å². The Hall–Kier alpha value is -2.10. The molecule has 1 aliphatic rings. The lowest BCUT2D eigenvalue weighted by atomic mass is 10.2. The first-order valence-electron chi connectivity index (χ1n) is 9.31. The molecule has 29 heavy (non-hydrogen) atoms. The second kappa shape index (κ2) is 8.73. The molecule has 0 aliphatic carbocycles. The van der Waals surface area contributed by atoms with E-state index in [1.807, 2.05) is 31.2 Å². The largest absolute Gasteiger partial charge is 0.494 e. The summed E-state index contributed by atoms with van der Waals surface area (Å²) < 4.78 is 70.2. The Morgan fingerprint density at radius 1 is 0.931 bits per heavy atom. The van der Waals surface area contributed by atoms with Crippen molar-refractivity contribution in [3.63, 3.8) is 0 Å². The number of piperazine rings is 1. The van der Waals surface area contributed by atoms with Crippen LogP contribution in [-0.2, 0) is 22.7 Å². The lowest BCUT2D eigenvalue weighted by molar-refractivity contribution is -0.137. The van der Waals surface area contributed by atoms with Gasteiger partial charge in [-0.15, -0.1) is 0 Å². The van der Waals surface area contributed by atoms with Crippen LogP contribution in [0.1, 0.15) is 18.1 Å². The van der Waals surface area contributed by atoms with Crippen molar-refractivity contribution in [2.24, 2.45) is 0 Å². The van der Waals surface area contributed by atoms with Crippen LogP contribution in [0.5, 0.6) is 5.75 Å². The van der Waals surface area contributed by atoms with Crippen molar-refractivity contribution in [1.82, 2.24) is 9.21 Å². The van der Waals surface area contributed by atoms with E-state index in [0.29, 0.717) is 39.3 Å². The average Bonchev–Trinajstić information content (AvgIpc) is 2.69. The predicted molar refractivity (Wildman–Crippen MR) is 103 cm³/mol. The van der Waals surface area contributed by atoms with Gasteiger partial charge in [-0.25, -0.2) is 8.42 Å². The van der Waals surface area contributed by atoms with E-state index in [0.717, 1.165) is 35.6 Å². The number of hydrogen-bond donors (Lipinski definition) is 0. The van der Waals surface area contributed by atoms with Gasteiger partial charge in [-0.3, -0.25) is 4.90 Å². The molecule has 0 atom stereocenters. The Balaban J connectivity index is 1.59. The third-order valence-corrected chi connectivity index (χ3v) is 6.70. The maximum Gasteiger partial charge on any atom is 0.416 e. The fraction of sp³-hybridized carbons (Fsp3) is 0.400. The summed E-state index contributed by atoms with van der Waals surface area (Å²) in [5.74, 6) is 0.809. The third kappa shape index (κ3) is 5.29. The summed E-state index contributed by atoms with van der Waals surface area (Å²) in [6.45, 7) is 4.91. The summed E-state index contributed by atoms with van der Waals surface area (Å²) in [5.41, 5.74) is 0.240.